The number of carbonyl (C=O) groups is 1. The van der Waals surface area contributed by atoms with Crippen LogP contribution in [0.2, 0.25) is 0 Å². The minimum absolute atomic E-state index is 0.0617. The SMILES string of the molecule is Cn1ncc(N2CCO[C@@H](CCNC(=O)C3CCCC3)C2)cc1=O. The van der Waals surface area contributed by atoms with Gasteiger partial charge in [-0.2, -0.15) is 5.10 Å². The smallest absolute Gasteiger partial charge is 0.268 e. The Morgan fingerprint density at radius 3 is 2.96 bits per heavy atom. The van der Waals surface area contributed by atoms with Gasteiger partial charge in [-0.05, 0) is 19.3 Å². The van der Waals surface area contributed by atoms with E-state index >= 15 is 0 Å². The van der Waals surface area contributed by atoms with Crippen molar-refractivity contribution in [3.63, 3.8) is 0 Å². The van der Waals surface area contributed by atoms with E-state index < -0.39 is 0 Å². The molecule has 1 aromatic rings. The van der Waals surface area contributed by atoms with Gasteiger partial charge in [0.05, 0.1) is 24.6 Å². The van der Waals surface area contributed by atoms with Gasteiger partial charge in [0, 0.05) is 38.7 Å². The molecule has 7 heteroatoms. The highest BCUT2D eigenvalue weighted by Crippen LogP contribution is 2.24. The van der Waals surface area contributed by atoms with E-state index in [1.54, 1.807) is 19.3 Å². The van der Waals surface area contributed by atoms with Crippen molar-refractivity contribution >= 4 is 11.6 Å². The summed E-state index contributed by atoms with van der Waals surface area (Å²) in [7, 11) is 1.64. The molecule has 1 saturated carbocycles. The van der Waals surface area contributed by atoms with Gasteiger partial charge in [-0.25, -0.2) is 4.68 Å². The molecule has 3 rings (SSSR count). The maximum absolute atomic E-state index is 12.0. The fourth-order valence-electron chi connectivity index (χ4n) is 3.45. The number of nitrogens with zero attached hydrogens (tertiary/aromatic N) is 3. The summed E-state index contributed by atoms with van der Waals surface area (Å²) in [5.74, 6) is 0.399. The van der Waals surface area contributed by atoms with Gasteiger partial charge >= 0.3 is 0 Å². The third kappa shape index (κ3) is 4.14. The van der Waals surface area contributed by atoms with Gasteiger partial charge in [-0.15, -0.1) is 0 Å². The van der Waals surface area contributed by atoms with E-state index in [0.717, 1.165) is 31.5 Å². The molecule has 0 spiro atoms. The number of amides is 1. The van der Waals surface area contributed by atoms with E-state index in [2.05, 4.69) is 15.3 Å². The van der Waals surface area contributed by atoms with Crippen LogP contribution in [-0.4, -0.2) is 48.0 Å². The molecule has 0 unspecified atom stereocenters. The highest BCUT2D eigenvalue weighted by Gasteiger charge is 2.24. The average Bonchev–Trinajstić information content (AvgIpc) is 3.12. The first kappa shape index (κ1) is 17.0. The van der Waals surface area contributed by atoms with Crippen LogP contribution in [0.1, 0.15) is 32.1 Å². The molecule has 2 fully saturated rings. The van der Waals surface area contributed by atoms with Crippen molar-refractivity contribution in [2.75, 3.05) is 31.1 Å². The summed E-state index contributed by atoms with van der Waals surface area (Å²) in [5.41, 5.74) is 0.723. The summed E-state index contributed by atoms with van der Waals surface area (Å²) < 4.78 is 7.11. The number of hydrogen-bond acceptors (Lipinski definition) is 5. The third-order valence-electron chi connectivity index (χ3n) is 4.95. The number of carbonyl (C=O) groups excluding carboxylic acids is 1. The number of hydrogen-bond donors (Lipinski definition) is 1. The zero-order valence-corrected chi connectivity index (χ0v) is 14.2. The Hall–Kier alpha value is -1.89. The molecule has 1 saturated heterocycles. The molecule has 1 aromatic heterocycles. The maximum atomic E-state index is 12.0. The third-order valence-corrected chi connectivity index (χ3v) is 4.95. The molecule has 2 aliphatic rings. The molecular formula is C17H26N4O3. The van der Waals surface area contributed by atoms with Gasteiger partial charge in [0.2, 0.25) is 5.91 Å². The van der Waals surface area contributed by atoms with E-state index in [9.17, 15) is 9.59 Å². The number of rotatable bonds is 5. The molecular weight excluding hydrogens is 308 g/mol. The average molecular weight is 334 g/mol. The lowest BCUT2D eigenvalue weighted by atomic mass is 10.1. The second kappa shape index (κ2) is 7.79. The topological polar surface area (TPSA) is 76.5 Å². The predicted octanol–water partition coefficient (Wildman–Crippen LogP) is 0.682. The molecule has 0 radical (unpaired) electrons. The van der Waals surface area contributed by atoms with Gasteiger partial charge in [-0.1, -0.05) is 12.8 Å². The van der Waals surface area contributed by atoms with Crippen LogP contribution in [-0.2, 0) is 16.6 Å². The van der Waals surface area contributed by atoms with Crippen molar-refractivity contribution in [1.82, 2.24) is 15.1 Å². The summed E-state index contributed by atoms with van der Waals surface area (Å²) in [6.07, 6.45) is 6.95. The van der Waals surface area contributed by atoms with Gasteiger partial charge in [0.15, 0.2) is 0 Å². The summed E-state index contributed by atoms with van der Waals surface area (Å²) in [5, 5.41) is 7.11. The molecule has 1 aliphatic heterocycles. The lowest BCUT2D eigenvalue weighted by Gasteiger charge is -2.34. The van der Waals surface area contributed by atoms with Crippen molar-refractivity contribution in [2.24, 2.45) is 13.0 Å². The molecule has 7 nitrogen and oxygen atoms in total. The highest BCUT2D eigenvalue weighted by molar-refractivity contribution is 5.78. The Bertz CT molecular complexity index is 625. The Morgan fingerprint density at radius 2 is 2.21 bits per heavy atom. The van der Waals surface area contributed by atoms with E-state index in [0.29, 0.717) is 19.7 Å². The van der Waals surface area contributed by atoms with Crippen LogP contribution >= 0.6 is 0 Å². The van der Waals surface area contributed by atoms with Gasteiger partial charge < -0.3 is 15.0 Å². The quantitative estimate of drug-likeness (QED) is 0.857. The summed E-state index contributed by atoms with van der Waals surface area (Å²) in [6.45, 7) is 2.73. The second-order valence-electron chi connectivity index (χ2n) is 6.68. The van der Waals surface area contributed by atoms with Crippen LogP contribution in [0.4, 0.5) is 5.69 Å². The summed E-state index contributed by atoms with van der Waals surface area (Å²) >= 11 is 0. The molecule has 1 aliphatic carbocycles. The van der Waals surface area contributed by atoms with E-state index in [4.69, 9.17) is 4.74 Å². The molecule has 0 bridgehead atoms. The van der Waals surface area contributed by atoms with E-state index in [1.165, 1.54) is 17.5 Å². The van der Waals surface area contributed by atoms with Crippen LogP contribution < -0.4 is 15.8 Å². The van der Waals surface area contributed by atoms with Crippen molar-refractivity contribution in [1.29, 1.82) is 0 Å². The zero-order valence-electron chi connectivity index (χ0n) is 14.2. The number of aryl methyl sites for hydroxylation is 1. The lowest BCUT2D eigenvalue weighted by molar-refractivity contribution is -0.124. The van der Waals surface area contributed by atoms with Crippen molar-refractivity contribution in [2.45, 2.75) is 38.2 Å². The fraction of sp³-hybridized carbons (Fsp3) is 0.706. The molecule has 132 valence electrons. The highest BCUT2D eigenvalue weighted by atomic mass is 16.5. The molecule has 1 atom stereocenters. The molecule has 24 heavy (non-hydrogen) atoms. The second-order valence-corrected chi connectivity index (χ2v) is 6.68. The zero-order chi connectivity index (χ0) is 16.9. The van der Waals surface area contributed by atoms with Crippen molar-refractivity contribution in [3.05, 3.63) is 22.6 Å². The molecule has 1 N–H and O–H groups in total. The van der Waals surface area contributed by atoms with Crippen molar-refractivity contribution < 1.29 is 9.53 Å². The van der Waals surface area contributed by atoms with Crippen LogP contribution in [0.25, 0.3) is 0 Å². The van der Waals surface area contributed by atoms with E-state index in [1.807, 2.05) is 0 Å². The summed E-state index contributed by atoms with van der Waals surface area (Å²) in [6, 6.07) is 1.61. The minimum Gasteiger partial charge on any atom is -0.374 e. The Kier molecular flexibility index (Phi) is 5.50. The first-order valence-electron chi connectivity index (χ1n) is 8.81. The van der Waals surface area contributed by atoms with Crippen LogP contribution in [0, 0.1) is 5.92 Å². The first-order valence-corrected chi connectivity index (χ1v) is 8.81. The number of ether oxygens (including phenoxy) is 1. The first-order chi connectivity index (χ1) is 11.6. The van der Waals surface area contributed by atoms with E-state index in [-0.39, 0.29) is 23.5 Å². The van der Waals surface area contributed by atoms with Crippen LogP contribution in [0.15, 0.2) is 17.1 Å². The fourth-order valence-corrected chi connectivity index (χ4v) is 3.45. The predicted molar refractivity (Wildman–Crippen MR) is 91.0 cm³/mol. The minimum atomic E-state index is -0.112. The molecule has 2 heterocycles. The Balaban J connectivity index is 1.47. The van der Waals surface area contributed by atoms with Gasteiger partial charge in [0.25, 0.3) is 5.56 Å². The summed E-state index contributed by atoms with van der Waals surface area (Å²) in [4.78, 5) is 25.9. The van der Waals surface area contributed by atoms with Crippen LogP contribution in [0.3, 0.4) is 0 Å². The molecule has 0 aromatic carbocycles. The van der Waals surface area contributed by atoms with Gasteiger partial charge in [0.1, 0.15) is 0 Å². The van der Waals surface area contributed by atoms with Crippen molar-refractivity contribution in [3.8, 4) is 0 Å². The standard InChI is InChI=1S/C17H26N4O3/c1-20-16(22)10-14(11-19-20)21-8-9-24-15(12-21)6-7-18-17(23)13-4-2-3-5-13/h10-11,13,15H,2-9,12H2,1H3,(H,18,23)/t15-/m0/s1. The number of anilines is 1. The largest absolute Gasteiger partial charge is 0.374 e. The lowest BCUT2D eigenvalue weighted by Crippen LogP contribution is -2.44. The maximum Gasteiger partial charge on any atom is 0.268 e. The monoisotopic (exact) mass is 334 g/mol. The molecule has 1 amide bonds. The Morgan fingerprint density at radius 1 is 1.42 bits per heavy atom. The van der Waals surface area contributed by atoms with Crippen LogP contribution in [0.5, 0.6) is 0 Å². The number of morpholine rings is 1. The van der Waals surface area contributed by atoms with Gasteiger partial charge in [-0.3, -0.25) is 9.59 Å². The normalized spacial score (nSPS) is 21.9. The number of aromatic nitrogens is 2. The Labute approximate surface area is 142 Å². The number of nitrogens with one attached hydrogen (secondary N) is 1.